The largest absolute Gasteiger partial charge is 0.388 e. The number of hydrogen-bond acceptors (Lipinski definition) is 3. The zero-order valence-electron chi connectivity index (χ0n) is 12.0. The number of fused-ring (bicyclic) bond motifs is 2. The monoisotopic (exact) mass is 285 g/mol. The molecule has 2 atom stereocenters. The second-order valence-electron chi connectivity index (χ2n) is 6.46. The summed E-state index contributed by atoms with van der Waals surface area (Å²) in [7, 11) is -1.41. The van der Waals surface area contributed by atoms with Crippen LogP contribution in [-0.4, -0.2) is 13.2 Å². The van der Waals surface area contributed by atoms with Crippen molar-refractivity contribution in [3.05, 3.63) is 47.2 Å². The van der Waals surface area contributed by atoms with Gasteiger partial charge in [-0.2, -0.15) is 0 Å². The smallest absolute Gasteiger partial charge is 0.145 e. The molecule has 4 heteroatoms. The molecule has 1 heterocycles. The first-order chi connectivity index (χ1) is 9.40. The van der Waals surface area contributed by atoms with E-state index in [2.05, 4.69) is 36.6 Å². The molecule has 0 amide bonds. The minimum absolute atomic E-state index is 0.478. The van der Waals surface area contributed by atoms with E-state index in [-0.39, 0.29) is 0 Å². The second kappa shape index (κ2) is 4.49. The van der Waals surface area contributed by atoms with Crippen molar-refractivity contribution in [3.8, 4) is 11.5 Å². The first-order valence-electron chi connectivity index (χ1n) is 6.87. The van der Waals surface area contributed by atoms with Crippen molar-refractivity contribution in [3.63, 3.8) is 0 Å². The van der Waals surface area contributed by atoms with Crippen LogP contribution in [0.15, 0.2) is 36.0 Å². The molecule has 3 nitrogen and oxygen atoms in total. The van der Waals surface area contributed by atoms with Crippen LogP contribution >= 0.6 is 0 Å². The Morgan fingerprint density at radius 1 is 1.35 bits per heavy atom. The standard InChI is InChI=1S/C16H19NO2Si/c1-20(2,3)9-8-12-10-16(19-17-12)11-15(18)13-6-4-5-7-14(13)16/h4-7,10,15,17-18H,11H2,1-3H3. The van der Waals surface area contributed by atoms with Gasteiger partial charge in [-0.25, -0.2) is 0 Å². The average Bonchev–Trinajstić information content (AvgIpc) is 2.91. The molecular formula is C16H19NO2Si. The Morgan fingerprint density at radius 3 is 2.85 bits per heavy atom. The number of hydroxylamine groups is 1. The number of aliphatic hydroxyl groups is 1. The van der Waals surface area contributed by atoms with E-state index in [1.165, 1.54) is 0 Å². The van der Waals surface area contributed by atoms with E-state index in [1.807, 2.05) is 30.3 Å². The van der Waals surface area contributed by atoms with Gasteiger partial charge in [0.05, 0.1) is 6.10 Å². The SMILES string of the molecule is C[Si](C)(C)C#CC1=CC2(CC(O)c3ccccc32)ON1. The molecule has 0 bridgehead atoms. The lowest BCUT2D eigenvalue weighted by Crippen LogP contribution is -2.24. The minimum Gasteiger partial charge on any atom is -0.388 e. The number of aliphatic hydroxyl groups excluding tert-OH is 1. The highest BCUT2D eigenvalue weighted by Crippen LogP contribution is 2.48. The third kappa shape index (κ3) is 2.29. The van der Waals surface area contributed by atoms with Gasteiger partial charge in [0.2, 0.25) is 0 Å². The van der Waals surface area contributed by atoms with Crippen molar-refractivity contribution in [1.29, 1.82) is 0 Å². The molecule has 1 spiro atoms. The van der Waals surface area contributed by atoms with E-state index in [9.17, 15) is 5.11 Å². The summed E-state index contributed by atoms with van der Waals surface area (Å²) < 4.78 is 0. The van der Waals surface area contributed by atoms with Crippen LogP contribution in [0, 0.1) is 11.5 Å². The van der Waals surface area contributed by atoms with Crippen molar-refractivity contribution in [1.82, 2.24) is 5.48 Å². The molecule has 1 aliphatic carbocycles. The molecule has 3 rings (SSSR count). The third-order valence-electron chi connectivity index (χ3n) is 3.57. The summed E-state index contributed by atoms with van der Waals surface area (Å²) in [5.74, 6) is 3.17. The highest BCUT2D eigenvalue weighted by Gasteiger charge is 2.46. The molecule has 2 N–H and O–H groups in total. The highest BCUT2D eigenvalue weighted by atomic mass is 28.3. The van der Waals surface area contributed by atoms with E-state index in [0.29, 0.717) is 6.42 Å². The molecule has 0 saturated heterocycles. The maximum atomic E-state index is 10.2. The van der Waals surface area contributed by atoms with Gasteiger partial charge in [0.15, 0.2) is 0 Å². The fourth-order valence-corrected chi connectivity index (χ4v) is 3.18. The van der Waals surface area contributed by atoms with Crippen LogP contribution in [0.25, 0.3) is 0 Å². The Hall–Kier alpha value is -1.54. The van der Waals surface area contributed by atoms with E-state index in [4.69, 9.17) is 4.84 Å². The summed E-state index contributed by atoms with van der Waals surface area (Å²) >= 11 is 0. The summed E-state index contributed by atoms with van der Waals surface area (Å²) in [6.45, 7) is 6.63. The van der Waals surface area contributed by atoms with Gasteiger partial charge in [-0.3, -0.25) is 10.3 Å². The molecule has 1 aromatic rings. The Balaban J connectivity index is 1.97. The van der Waals surface area contributed by atoms with E-state index in [1.54, 1.807) is 0 Å². The van der Waals surface area contributed by atoms with Gasteiger partial charge in [-0.05, 0) is 17.2 Å². The molecular weight excluding hydrogens is 266 g/mol. The highest BCUT2D eigenvalue weighted by molar-refractivity contribution is 6.83. The van der Waals surface area contributed by atoms with Crippen LogP contribution in [-0.2, 0) is 10.4 Å². The Labute approximate surface area is 120 Å². The lowest BCUT2D eigenvalue weighted by molar-refractivity contribution is -0.0564. The predicted octanol–water partition coefficient (Wildman–Crippen LogP) is 2.62. The van der Waals surface area contributed by atoms with Crippen LogP contribution in [0.5, 0.6) is 0 Å². The van der Waals surface area contributed by atoms with Crippen LogP contribution < -0.4 is 5.48 Å². The van der Waals surface area contributed by atoms with Gasteiger partial charge in [-0.1, -0.05) is 49.8 Å². The van der Waals surface area contributed by atoms with Gasteiger partial charge < -0.3 is 5.11 Å². The molecule has 0 radical (unpaired) electrons. The number of benzene rings is 1. The molecule has 2 aliphatic rings. The second-order valence-corrected chi connectivity index (χ2v) is 11.2. The topological polar surface area (TPSA) is 41.5 Å². The first-order valence-corrected chi connectivity index (χ1v) is 10.4. The summed E-state index contributed by atoms with van der Waals surface area (Å²) in [4.78, 5) is 5.79. The molecule has 0 aromatic heterocycles. The summed E-state index contributed by atoms with van der Waals surface area (Å²) in [5, 5.41) is 10.2. The van der Waals surface area contributed by atoms with Gasteiger partial charge in [0.25, 0.3) is 0 Å². The minimum atomic E-state index is -1.41. The third-order valence-corrected chi connectivity index (χ3v) is 4.44. The van der Waals surface area contributed by atoms with Gasteiger partial charge in [0.1, 0.15) is 19.4 Å². The molecule has 0 fully saturated rings. The molecule has 20 heavy (non-hydrogen) atoms. The average molecular weight is 285 g/mol. The van der Waals surface area contributed by atoms with Crippen LogP contribution in [0.1, 0.15) is 23.7 Å². The molecule has 104 valence electrons. The van der Waals surface area contributed by atoms with Crippen LogP contribution in [0.4, 0.5) is 0 Å². The van der Waals surface area contributed by atoms with Crippen molar-refractivity contribution in [2.45, 2.75) is 37.8 Å². The molecule has 0 saturated carbocycles. The van der Waals surface area contributed by atoms with Gasteiger partial charge in [-0.15, -0.1) is 5.54 Å². The first kappa shape index (κ1) is 13.4. The lowest BCUT2D eigenvalue weighted by Gasteiger charge is -2.20. The maximum Gasteiger partial charge on any atom is 0.145 e. The fourth-order valence-electron chi connectivity index (χ4n) is 2.67. The molecule has 2 unspecified atom stereocenters. The molecule has 1 aromatic carbocycles. The Bertz CT molecular complexity index is 636. The zero-order chi connectivity index (χ0) is 14.4. The van der Waals surface area contributed by atoms with Gasteiger partial charge >= 0.3 is 0 Å². The fraction of sp³-hybridized carbons (Fsp3) is 0.375. The number of hydrogen-bond donors (Lipinski definition) is 2. The molecule has 1 aliphatic heterocycles. The Kier molecular flexibility index (Phi) is 3.02. The van der Waals surface area contributed by atoms with Gasteiger partial charge in [0, 0.05) is 6.42 Å². The van der Waals surface area contributed by atoms with Crippen LogP contribution in [0.3, 0.4) is 0 Å². The van der Waals surface area contributed by atoms with E-state index >= 15 is 0 Å². The maximum absolute atomic E-state index is 10.2. The summed E-state index contributed by atoms with van der Waals surface area (Å²) in [6, 6.07) is 7.89. The van der Waals surface area contributed by atoms with E-state index in [0.717, 1.165) is 16.8 Å². The predicted molar refractivity (Wildman–Crippen MR) is 81.1 cm³/mol. The van der Waals surface area contributed by atoms with E-state index < -0.39 is 19.8 Å². The normalized spacial score (nSPS) is 27.6. The van der Waals surface area contributed by atoms with Crippen molar-refractivity contribution in [2.24, 2.45) is 0 Å². The van der Waals surface area contributed by atoms with Crippen molar-refractivity contribution < 1.29 is 9.94 Å². The van der Waals surface area contributed by atoms with Crippen LogP contribution in [0.2, 0.25) is 19.6 Å². The lowest BCUT2D eigenvalue weighted by atomic mass is 9.95. The number of rotatable bonds is 0. The zero-order valence-corrected chi connectivity index (χ0v) is 13.0. The number of allylic oxidation sites excluding steroid dienone is 1. The van der Waals surface area contributed by atoms with Crippen molar-refractivity contribution in [2.75, 3.05) is 0 Å². The summed E-state index contributed by atoms with van der Waals surface area (Å²) in [6.07, 6.45) is 2.07. The quantitative estimate of drug-likeness (QED) is 0.569. The van der Waals surface area contributed by atoms with Crippen molar-refractivity contribution >= 4 is 8.07 Å². The number of nitrogens with one attached hydrogen (secondary N) is 1. The Morgan fingerprint density at radius 2 is 2.10 bits per heavy atom. The summed E-state index contributed by atoms with van der Waals surface area (Å²) in [5.41, 5.74) is 8.46.